The average molecular weight is 363 g/mol. The van der Waals surface area contributed by atoms with Gasteiger partial charge in [-0.25, -0.2) is 4.98 Å². The van der Waals surface area contributed by atoms with Crippen molar-refractivity contribution in [1.82, 2.24) is 19.7 Å². The van der Waals surface area contributed by atoms with E-state index in [9.17, 15) is 9.59 Å². The fourth-order valence-electron chi connectivity index (χ4n) is 3.73. The van der Waals surface area contributed by atoms with Gasteiger partial charge in [-0.05, 0) is 50.8 Å². The summed E-state index contributed by atoms with van der Waals surface area (Å²) < 4.78 is 1.99. The van der Waals surface area contributed by atoms with E-state index in [1.54, 1.807) is 6.20 Å². The first-order valence-corrected chi connectivity index (χ1v) is 9.13. The Morgan fingerprint density at radius 1 is 1.26 bits per heavy atom. The number of hydrogen-bond acceptors (Lipinski definition) is 5. The highest BCUT2D eigenvalue weighted by molar-refractivity contribution is 5.98. The molecular weight excluding hydrogens is 342 g/mol. The molecule has 1 aliphatic carbocycles. The van der Waals surface area contributed by atoms with E-state index in [4.69, 9.17) is 5.73 Å². The van der Waals surface area contributed by atoms with Gasteiger partial charge >= 0.3 is 0 Å². The van der Waals surface area contributed by atoms with Gasteiger partial charge in [-0.15, -0.1) is 0 Å². The number of hydrogen-bond donors (Lipinski definition) is 1. The second-order valence-electron chi connectivity index (χ2n) is 7.16. The minimum Gasteiger partial charge on any atom is -0.364 e. The summed E-state index contributed by atoms with van der Waals surface area (Å²) in [6.45, 7) is 1.82. The summed E-state index contributed by atoms with van der Waals surface area (Å²) in [6.07, 6.45) is 8.51. The van der Waals surface area contributed by atoms with Crippen LogP contribution >= 0.6 is 0 Å². The standard InChI is InChI=1S/C20H21N5O2/c1-12-2-7-16(19(23-12)20(21)27)17-8-14-10-25(24-18(14)9-22-17)15-5-3-13(11-26)4-6-15/h2,7-11,13,15H,3-6H2,1H3,(H2,21,27). The monoisotopic (exact) mass is 363 g/mol. The molecule has 0 aliphatic heterocycles. The Labute approximate surface area is 156 Å². The number of aldehydes is 1. The molecule has 3 heterocycles. The van der Waals surface area contributed by atoms with Gasteiger partial charge in [-0.2, -0.15) is 5.10 Å². The predicted octanol–water partition coefficient (Wildman–Crippen LogP) is 2.83. The summed E-state index contributed by atoms with van der Waals surface area (Å²) >= 11 is 0. The lowest BCUT2D eigenvalue weighted by Gasteiger charge is -2.25. The molecule has 0 atom stereocenters. The third-order valence-corrected chi connectivity index (χ3v) is 5.26. The lowest BCUT2D eigenvalue weighted by molar-refractivity contribution is -0.112. The molecule has 0 bridgehead atoms. The molecule has 1 saturated carbocycles. The van der Waals surface area contributed by atoms with Gasteiger partial charge in [0, 0.05) is 28.8 Å². The van der Waals surface area contributed by atoms with E-state index in [1.165, 1.54) is 0 Å². The maximum absolute atomic E-state index is 11.8. The zero-order valence-corrected chi connectivity index (χ0v) is 15.1. The van der Waals surface area contributed by atoms with E-state index < -0.39 is 5.91 Å². The largest absolute Gasteiger partial charge is 0.364 e. The number of aryl methyl sites for hydroxylation is 1. The highest BCUT2D eigenvalue weighted by Crippen LogP contribution is 2.32. The fraction of sp³-hybridized carbons (Fsp3) is 0.350. The molecule has 0 aromatic carbocycles. The van der Waals surface area contributed by atoms with Gasteiger partial charge in [0.25, 0.3) is 5.91 Å². The van der Waals surface area contributed by atoms with Crippen LogP contribution in [0.15, 0.2) is 30.6 Å². The number of fused-ring (bicyclic) bond motifs is 1. The van der Waals surface area contributed by atoms with Crippen molar-refractivity contribution >= 4 is 23.1 Å². The lowest BCUT2D eigenvalue weighted by Crippen LogP contribution is -2.19. The molecule has 0 unspecified atom stereocenters. The second kappa shape index (κ2) is 6.90. The fourth-order valence-corrected chi connectivity index (χ4v) is 3.73. The van der Waals surface area contributed by atoms with E-state index >= 15 is 0 Å². The molecule has 27 heavy (non-hydrogen) atoms. The third kappa shape index (κ3) is 3.32. The highest BCUT2D eigenvalue weighted by atomic mass is 16.1. The summed E-state index contributed by atoms with van der Waals surface area (Å²) in [5.74, 6) is -0.390. The van der Waals surface area contributed by atoms with Crippen molar-refractivity contribution in [2.24, 2.45) is 11.7 Å². The van der Waals surface area contributed by atoms with E-state index in [0.29, 0.717) is 17.3 Å². The maximum Gasteiger partial charge on any atom is 0.268 e. The summed E-state index contributed by atoms with van der Waals surface area (Å²) in [6, 6.07) is 5.87. The Bertz CT molecular complexity index is 1020. The van der Waals surface area contributed by atoms with Gasteiger partial charge in [-0.3, -0.25) is 14.5 Å². The number of nitrogens with two attached hydrogens (primary N) is 1. The normalized spacial score (nSPS) is 19.9. The van der Waals surface area contributed by atoms with Crippen LogP contribution in [0, 0.1) is 12.8 Å². The molecule has 138 valence electrons. The summed E-state index contributed by atoms with van der Waals surface area (Å²) in [5, 5.41) is 5.60. The van der Waals surface area contributed by atoms with Gasteiger partial charge in [0.1, 0.15) is 17.5 Å². The first-order chi connectivity index (χ1) is 13.0. The Balaban J connectivity index is 1.68. The molecule has 2 N–H and O–H groups in total. The second-order valence-corrected chi connectivity index (χ2v) is 7.16. The highest BCUT2D eigenvalue weighted by Gasteiger charge is 2.23. The number of nitrogens with zero attached hydrogens (tertiary/aromatic N) is 4. The predicted molar refractivity (Wildman–Crippen MR) is 101 cm³/mol. The van der Waals surface area contributed by atoms with Crippen LogP contribution in [0.1, 0.15) is 47.9 Å². The van der Waals surface area contributed by atoms with Crippen LogP contribution in [0.2, 0.25) is 0 Å². The molecule has 1 aliphatic rings. The van der Waals surface area contributed by atoms with Crippen molar-refractivity contribution in [3.05, 3.63) is 42.0 Å². The number of primary amides is 1. The number of amides is 1. The number of aromatic nitrogens is 4. The molecule has 1 amide bonds. The van der Waals surface area contributed by atoms with Gasteiger partial charge < -0.3 is 10.5 Å². The van der Waals surface area contributed by atoms with Crippen LogP contribution in [0.3, 0.4) is 0 Å². The number of carbonyl (C=O) groups is 2. The molecule has 3 aromatic rings. The molecule has 7 nitrogen and oxygen atoms in total. The first-order valence-electron chi connectivity index (χ1n) is 9.13. The van der Waals surface area contributed by atoms with E-state index in [0.717, 1.165) is 48.6 Å². The zero-order chi connectivity index (χ0) is 19.0. The Morgan fingerprint density at radius 2 is 2.04 bits per heavy atom. The molecule has 4 rings (SSSR count). The Morgan fingerprint density at radius 3 is 2.74 bits per heavy atom. The van der Waals surface area contributed by atoms with E-state index in [-0.39, 0.29) is 11.6 Å². The molecule has 7 heteroatoms. The molecule has 0 radical (unpaired) electrons. The van der Waals surface area contributed by atoms with E-state index in [2.05, 4.69) is 15.1 Å². The minimum atomic E-state index is -0.571. The number of rotatable bonds is 4. The average Bonchev–Trinajstić information content (AvgIpc) is 3.11. The molecule has 0 saturated heterocycles. The number of pyridine rings is 2. The maximum atomic E-state index is 11.8. The third-order valence-electron chi connectivity index (χ3n) is 5.26. The summed E-state index contributed by atoms with van der Waals surface area (Å²) in [5.41, 5.74) is 8.51. The summed E-state index contributed by atoms with van der Waals surface area (Å²) in [4.78, 5) is 31.4. The SMILES string of the molecule is Cc1ccc(-c2cc3cn(C4CCC(C=O)CC4)nc3cn2)c(C(N)=O)n1. The van der Waals surface area contributed by atoms with Crippen LogP contribution in [0.4, 0.5) is 0 Å². The minimum absolute atomic E-state index is 0.181. The Hall–Kier alpha value is -3.09. The first kappa shape index (κ1) is 17.3. The smallest absolute Gasteiger partial charge is 0.268 e. The van der Waals surface area contributed by atoms with Gasteiger partial charge in [-0.1, -0.05) is 0 Å². The van der Waals surface area contributed by atoms with Crippen molar-refractivity contribution in [1.29, 1.82) is 0 Å². The van der Waals surface area contributed by atoms with Gasteiger partial charge in [0.2, 0.25) is 0 Å². The lowest BCUT2D eigenvalue weighted by atomic mass is 9.87. The molecule has 3 aromatic heterocycles. The Kier molecular flexibility index (Phi) is 4.43. The number of carbonyl (C=O) groups excluding carboxylic acids is 2. The van der Waals surface area contributed by atoms with Crippen LogP contribution in [0.5, 0.6) is 0 Å². The van der Waals surface area contributed by atoms with Crippen LogP contribution in [-0.2, 0) is 4.79 Å². The quantitative estimate of drug-likeness (QED) is 0.718. The molecule has 1 fully saturated rings. The topological polar surface area (TPSA) is 104 Å². The van der Waals surface area contributed by atoms with Crippen LogP contribution in [0.25, 0.3) is 22.2 Å². The van der Waals surface area contributed by atoms with Crippen molar-refractivity contribution in [3.8, 4) is 11.3 Å². The van der Waals surface area contributed by atoms with Crippen LogP contribution in [-0.4, -0.2) is 31.9 Å². The van der Waals surface area contributed by atoms with Crippen molar-refractivity contribution in [2.75, 3.05) is 0 Å². The van der Waals surface area contributed by atoms with Crippen LogP contribution < -0.4 is 5.73 Å². The van der Waals surface area contributed by atoms with Gasteiger partial charge in [0.05, 0.1) is 17.9 Å². The van der Waals surface area contributed by atoms with Gasteiger partial charge in [0.15, 0.2) is 0 Å². The van der Waals surface area contributed by atoms with Crippen molar-refractivity contribution in [2.45, 2.75) is 38.6 Å². The zero-order valence-electron chi connectivity index (χ0n) is 15.1. The van der Waals surface area contributed by atoms with E-state index in [1.807, 2.05) is 36.0 Å². The van der Waals surface area contributed by atoms with Crippen molar-refractivity contribution in [3.63, 3.8) is 0 Å². The summed E-state index contributed by atoms with van der Waals surface area (Å²) in [7, 11) is 0. The molecule has 0 spiro atoms. The van der Waals surface area contributed by atoms with Crippen molar-refractivity contribution < 1.29 is 9.59 Å². The molecular formula is C20H21N5O2.